The number of carboxylic acids is 1. The average molecular weight is 444 g/mol. The maximum Gasteiger partial charge on any atom is 0.326 e. The van der Waals surface area contributed by atoms with Crippen molar-refractivity contribution in [2.45, 2.75) is 25.4 Å². The molecule has 170 valence electrons. The summed E-state index contributed by atoms with van der Waals surface area (Å²) in [5.41, 5.74) is 4.20. The number of carbonyl (C=O) groups excluding carboxylic acids is 1. The number of amides is 1. The highest BCUT2D eigenvalue weighted by Crippen LogP contribution is 2.33. The summed E-state index contributed by atoms with van der Waals surface area (Å²) in [6, 6.07) is 26.9. The van der Waals surface area contributed by atoms with Crippen molar-refractivity contribution in [3.63, 3.8) is 0 Å². The molecule has 0 unspecified atom stereocenters. The molecule has 1 amide bonds. The molecule has 0 saturated heterocycles. The van der Waals surface area contributed by atoms with Gasteiger partial charge >= 0.3 is 5.97 Å². The third-order valence-corrected chi connectivity index (χ3v) is 5.89. The third kappa shape index (κ3) is 5.92. The smallest absolute Gasteiger partial charge is 0.326 e. The molecule has 3 aromatic carbocycles. The van der Waals surface area contributed by atoms with Crippen LogP contribution in [0.3, 0.4) is 0 Å². The van der Waals surface area contributed by atoms with Gasteiger partial charge in [0.2, 0.25) is 5.91 Å². The van der Waals surface area contributed by atoms with E-state index in [2.05, 4.69) is 33.3 Å². The summed E-state index contributed by atoms with van der Waals surface area (Å²) in [4.78, 5) is 29.0. The predicted octanol–water partition coefficient (Wildman–Crippen LogP) is 3.72. The van der Waals surface area contributed by atoms with E-state index >= 15 is 0 Å². The lowest BCUT2D eigenvalue weighted by Gasteiger charge is -2.28. The zero-order valence-corrected chi connectivity index (χ0v) is 18.6. The van der Waals surface area contributed by atoms with Gasteiger partial charge in [-0.2, -0.15) is 0 Å². The van der Waals surface area contributed by atoms with Gasteiger partial charge in [-0.25, -0.2) is 4.79 Å². The summed E-state index contributed by atoms with van der Waals surface area (Å²) < 4.78 is 0. The van der Waals surface area contributed by atoms with Crippen LogP contribution in [0.25, 0.3) is 0 Å². The summed E-state index contributed by atoms with van der Waals surface area (Å²) >= 11 is 0. The van der Waals surface area contributed by atoms with Gasteiger partial charge in [-0.05, 0) is 29.7 Å². The lowest BCUT2D eigenvalue weighted by molar-refractivity contribution is -0.141. The number of fused-ring (bicyclic) bond motifs is 1. The quantitative estimate of drug-likeness (QED) is 0.555. The SMILES string of the molecule is O=C(CN1CCCN(Cc2ccccc2)c2ccccc21)N[C@H](Cc1ccccc1)C(=O)O. The summed E-state index contributed by atoms with van der Waals surface area (Å²) in [5.74, 6) is -1.32. The molecule has 4 rings (SSSR count). The van der Waals surface area contributed by atoms with Gasteiger partial charge in [-0.1, -0.05) is 72.8 Å². The molecule has 0 aromatic heterocycles. The van der Waals surface area contributed by atoms with Crippen molar-refractivity contribution in [1.82, 2.24) is 5.32 Å². The Hall–Kier alpha value is -3.80. The molecule has 0 saturated carbocycles. The van der Waals surface area contributed by atoms with Gasteiger partial charge < -0.3 is 20.2 Å². The van der Waals surface area contributed by atoms with Gasteiger partial charge in [0.25, 0.3) is 0 Å². The van der Waals surface area contributed by atoms with E-state index in [1.165, 1.54) is 5.56 Å². The van der Waals surface area contributed by atoms with E-state index in [-0.39, 0.29) is 18.9 Å². The lowest BCUT2D eigenvalue weighted by Crippen LogP contribution is -2.46. The average Bonchev–Trinajstić information content (AvgIpc) is 2.99. The minimum Gasteiger partial charge on any atom is -0.480 e. The van der Waals surface area contributed by atoms with Crippen LogP contribution in [0.15, 0.2) is 84.9 Å². The molecular formula is C27H29N3O3. The minimum atomic E-state index is -1.03. The Kier molecular flexibility index (Phi) is 7.25. The van der Waals surface area contributed by atoms with Crippen LogP contribution in [0.1, 0.15) is 17.5 Å². The summed E-state index contributed by atoms with van der Waals surface area (Å²) in [5, 5.41) is 12.4. The van der Waals surface area contributed by atoms with E-state index in [1.807, 2.05) is 66.7 Å². The van der Waals surface area contributed by atoms with E-state index in [4.69, 9.17) is 0 Å². The Bertz CT molecular complexity index is 1070. The lowest BCUT2D eigenvalue weighted by atomic mass is 10.1. The number of hydrogen-bond donors (Lipinski definition) is 2. The maximum atomic E-state index is 12.9. The molecule has 0 radical (unpaired) electrons. The van der Waals surface area contributed by atoms with Crippen molar-refractivity contribution in [2.75, 3.05) is 29.4 Å². The summed E-state index contributed by atoms with van der Waals surface area (Å²) in [6.07, 6.45) is 1.16. The van der Waals surface area contributed by atoms with Crippen molar-refractivity contribution in [2.24, 2.45) is 0 Å². The standard InChI is InChI=1S/C27H29N3O3/c31-26(28-23(27(32)33)18-21-10-3-1-4-11-21)20-30-17-9-16-29(19-22-12-5-2-6-13-22)24-14-7-8-15-25(24)30/h1-8,10-15,23H,9,16-20H2,(H,28,31)(H,32,33)/t23-/m1/s1. The number of nitrogens with zero attached hydrogens (tertiary/aromatic N) is 2. The van der Waals surface area contributed by atoms with Crippen molar-refractivity contribution in [3.8, 4) is 0 Å². The zero-order chi connectivity index (χ0) is 23.0. The molecule has 2 N–H and O–H groups in total. The number of anilines is 2. The van der Waals surface area contributed by atoms with Crippen molar-refractivity contribution in [3.05, 3.63) is 96.1 Å². The predicted molar refractivity (Wildman–Crippen MR) is 130 cm³/mol. The Labute approximate surface area is 194 Å². The monoisotopic (exact) mass is 443 g/mol. The highest BCUT2D eigenvalue weighted by molar-refractivity contribution is 5.88. The summed E-state index contributed by atoms with van der Waals surface area (Å²) in [7, 11) is 0. The van der Waals surface area contributed by atoms with Gasteiger partial charge in [0, 0.05) is 26.1 Å². The normalized spacial score (nSPS) is 14.2. The Morgan fingerprint density at radius 1 is 0.788 bits per heavy atom. The van der Waals surface area contributed by atoms with E-state index < -0.39 is 12.0 Å². The van der Waals surface area contributed by atoms with Gasteiger partial charge in [-0.15, -0.1) is 0 Å². The fourth-order valence-corrected chi connectivity index (χ4v) is 4.29. The molecule has 6 nitrogen and oxygen atoms in total. The second-order valence-corrected chi connectivity index (χ2v) is 8.32. The topological polar surface area (TPSA) is 72.9 Å². The highest BCUT2D eigenvalue weighted by Gasteiger charge is 2.25. The number of hydrogen-bond acceptors (Lipinski definition) is 4. The van der Waals surface area contributed by atoms with Crippen LogP contribution in [0.5, 0.6) is 0 Å². The van der Waals surface area contributed by atoms with Crippen LogP contribution in [0.2, 0.25) is 0 Å². The first-order valence-corrected chi connectivity index (χ1v) is 11.3. The molecule has 1 atom stereocenters. The first-order chi connectivity index (χ1) is 16.1. The van der Waals surface area contributed by atoms with E-state index in [1.54, 1.807) is 0 Å². The van der Waals surface area contributed by atoms with Crippen LogP contribution in [0, 0.1) is 0 Å². The van der Waals surface area contributed by atoms with Gasteiger partial charge in [-0.3, -0.25) is 4.79 Å². The van der Waals surface area contributed by atoms with Crippen LogP contribution in [0.4, 0.5) is 11.4 Å². The second kappa shape index (κ2) is 10.7. The first-order valence-electron chi connectivity index (χ1n) is 11.3. The molecule has 0 spiro atoms. The van der Waals surface area contributed by atoms with Crippen molar-refractivity contribution in [1.29, 1.82) is 0 Å². The Balaban J connectivity index is 1.46. The van der Waals surface area contributed by atoms with Gasteiger partial charge in [0.1, 0.15) is 6.04 Å². The zero-order valence-electron chi connectivity index (χ0n) is 18.6. The van der Waals surface area contributed by atoms with Crippen LogP contribution < -0.4 is 15.1 Å². The molecule has 1 aliphatic heterocycles. The number of nitrogens with one attached hydrogen (secondary N) is 1. The molecule has 0 fully saturated rings. The molecular weight excluding hydrogens is 414 g/mol. The Morgan fingerprint density at radius 2 is 1.33 bits per heavy atom. The molecule has 0 bridgehead atoms. The minimum absolute atomic E-state index is 0.120. The molecule has 0 aliphatic carbocycles. The van der Waals surface area contributed by atoms with Crippen LogP contribution in [-0.2, 0) is 22.6 Å². The number of aliphatic carboxylic acids is 1. The molecule has 1 heterocycles. The Morgan fingerprint density at radius 3 is 1.97 bits per heavy atom. The third-order valence-electron chi connectivity index (χ3n) is 5.89. The number of rotatable bonds is 8. The number of carbonyl (C=O) groups is 2. The second-order valence-electron chi connectivity index (χ2n) is 8.32. The van der Waals surface area contributed by atoms with E-state index in [9.17, 15) is 14.7 Å². The van der Waals surface area contributed by atoms with Crippen LogP contribution >= 0.6 is 0 Å². The van der Waals surface area contributed by atoms with E-state index in [0.29, 0.717) is 0 Å². The number of para-hydroxylation sites is 2. The van der Waals surface area contributed by atoms with Gasteiger partial charge in [0.05, 0.1) is 17.9 Å². The summed E-state index contributed by atoms with van der Waals surface area (Å²) in [6.45, 7) is 2.53. The molecule has 6 heteroatoms. The fourth-order valence-electron chi connectivity index (χ4n) is 4.29. The molecule has 33 heavy (non-hydrogen) atoms. The van der Waals surface area contributed by atoms with Gasteiger partial charge in [0.15, 0.2) is 0 Å². The first kappa shape index (κ1) is 22.4. The fraction of sp³-hybridized carbons (Fsp3) is 0.259. The van der Waals surface area contributed by atoms with Crippen LogP contribution in [-0.4, -0.2) is 42.7 Å². The molecule has 3 aromatic rings. The highest BCUT2D eigenvalue weighted by atomic mass is 16.4. The molecule has 1 aliphatic rings. The maximum absolute atomic E-state index is 12.9. The van der Waals surface area contributed by atoms with Crippen molar-refractivity contribution >= 4 is 23.3 Å². The van der Waals surface area contributed by atoms with Crippen molar-refractivity contribution < 1.29 is 14.7 Å². The largest absolute Gasteiger partial charge is 0.480 e. The number of benzene rings is 3. The van der Waals surface area contributed by atoms with E-state index in [0.717, 1.165) is 43.0 Å². The number of carboxylic acid groups (broad SMARTS) is 1.